The minimum absolute atomic E-state index is 0.0829. The second kappa shape index (κ2) is 38.8. The summed E-state index contributed by atoms with van der Waals surface area (Å²) in [6.45, 7) is 3.66. The quantitative estimate of drug-likeness (QED) is 0.0162. The van der Waals surface area contributed by atoms with Crippen LogP contribution in [0.1, 0.15) is 123 Å². The summed E-state index contributed by atoms with van der Waals surface area (Å²) in [6.07, 6.45) is 48.8. The maximum atomic E-state index is 12.7. The minimum Gasteiger partial charge on any atom is -0.756 e. The van der Waals surface area contributed by atoms with Gasteiger partial charge >= 0.3 is 11.9 Å². The summed E-state index contributed by atoms with van der Waals surface area (Å²) in [4.78, 5) is 37.6. The fraction of sp³-hybridized carbons (Fsp3) is 0.583. The molecule has 0 saturated carbocycles. The molecule has 0 bridgehead atoms. The number of allylic oxidation sites excluding steroid dienone is 17. The lowest BCUT2D eigenvalue weighted by Crippen LogP contribution is -2.37. The molecule has 0 aromatic rings. The third kappa shape index (κ3) is 42.6. The number of phosphoric ester groups is 1. The second-order valence-electron chi connectivity index (χ2n) is 15.1. The van der Waals surface area contributed by atoms with Gasteiger partial charge in [-0.2, -0.15) is 0 Å². The molecule has 0 aliphatic rings. The van der Waals surface area contributed by atoms with Gasteiger partial charge in [-0.25, -0.2) is 0 Å². The van der Waals surface area contributed by atoms with Crippen LogP contribution in [0.4, 0.5) is 0 Å². The SMILES string of the molecule is CC/C=C\C/C=C\C/C=C\C/C=C\C/C=C\C=C/C(O)CCC(=O)O[C@H](COC(=O)CCCCCCC/C=C\C/C=C\C/C=C\CC)COP(=O)([O-])OCC[N+](C)(C)C. The summed E-state index contributed by atoms with van der Waals surface area (Å²) >= 11 is 0. The van der Waals surface area contributed by atoms with Crippen LogP contribution in [0, 0.1) is 0 Å². The molecule has 0 radical (unpaired) electrons. The highest BCUT2D eigenvalue weighted by molar-refractivity contribution is 7.45. The lowest BCUT2D eigenvalue weighted by atomic mass is 10.1. The van der Waals surface area contributed by atoms with E-state index in [1.807, 2.05) is 33.3 Å². The van der Waals surface area contributed by atoms with E-state index in [1.165, 1.54) is 0 Å². The van der Waals surface area contributed by atoms with Crippen molar-refractivity contribution in [3.63, 3.8) is 0 Å². The third-order valence-electron chi connectivity index (χ3n) is 8.41. The Balaban J connectivity index is 4.67. The highest BCUT2D eigenvalue weighted by atomic mass is 31.2. The fourth-order valence-corrected chi connectivity index (χ4v) is 5.74. The number of hydrogen-bond acceptors (Lipinski definition) is 9. The Hall–Kier alpha value is -3.37. The first-order valence-corrected chi connectivity index (χ1v) is 23.2. The number of likely N-dealkylation sites (N-methyl/N-ethyl adjacent to an activating group) is 1. The zero-order chi connectivity index (χ0) is 43.7. The smallest absolute Gasteiger partial charge is 0.306 e. The lowest BCUT2D eigenvalue weighted by molar-refractivity contribution is -0.870. The van der Waals surface area contributed by atoms with E-state index in [0.29, 0.717) is 17.4 Å². The lowest BCUT2D eigenvalue weighted by Gasteiger charge is -2.28. The Bertz CT molecular complexity index is 1380. The average Bonchev–Trinajstić information content (AvgIpc) is 3.18. The predicted molar refractivity (Wildman–Crippen MR) is 241 cm³/mol. The molecule has 1 N–H and O–H groups in total. The summed E-state index contributed by atoms with van der Waals surface area (Å²) in [5.41, 5.74) is 0. The molecule has 0 amide bonds. The molecule has 2 unspecified atom stereocenters. The van der Waals surface area contributed by atoms with Gasteiger partial charge in [0.1, 0.15) is 19.8 Å². The van der Waals surface area contributed by atoms with Crippen molar-refractivity contribution in [1.29, 1.82) is 0 Å². The number of rotatable bonds is 37. The molecule has 0 rings (SSSR count). The van der Waals surface area contributed by atoms with E-state index in [-0.39, 0.29) is 32.5 Å². The Morgan fingerprint density at radius 3 is 1.69 bits per heavy atom. The second-order valence-corrected chi connectivity index (χ2v) is 16.6. The number of aliphatic hydroxyl groups is 1. The monoisotopic (exact) mass is 844 g/mol. The van der Waals surface area contributed by atoms with Crippen molar-refractivity contribution >= 4 is 19.8 Å². The van der Waals surface area contributed by atoms with Gasteiger partial charge in [0.15, 0.2) is 6.10 Å². The molecule has 0 spiro atoms. The van der Waals surface area contributed by atoms with Crippen molar-refractivity contribution in [2.45, 2.75) is 135 Å². The predicted octanol–water partition coefficient (Wildman–Crippen LogP) is 10.7. The van der Waals surface area contributed by atoms with Crippen molar-refractivity contribution < 1.29 is 47.2 Å². The summed E-state index contributed by atoms with van der Waals surface area (Å²) in [5, 5.41) is 10.3. The Labute approximate surface area is 358 Å². The number of unbranched alkanes of at least 4 members (excludes halogenated alkanes) is 5. The molecule has 0 aromatic carbocycles. The highest BCUT2D eigenvalue weighted by Gasteiger charge is 2.22. The standard InChI is InChI=1S/C48H78NO9P/c1-6-8-10-12-14-16-18-20-22-24-25-27-29-31-33-35-37-45(50)39-40-48(52)58-46(44-57-59(53,54)56-42-41-49(3,4)5)43-55-47(51)38-36-34-32-30-28-26-23-21-19-17-15-13-11-9-7-2/h8-11,14-17,20-23,25,27,31,33,35,37,45-46,50H,6-7,12-13,18-19,24,26,28-30,32,34,36,38-44H2,1-5H3/b10-8-,11-9-,16-14-,17-15-,22-20-,23-21-,27-25-,33-31-,37-35-/t45?,46-/m1/s1. The number of hydrogen-bond donors (Lipinski definition) is 1. The molecule has 10 nitrogen and oxygen atoms in total. The van der Waals surface area contributed by atoms with Crippen LogP contribution < -0.4 is 4.89 Å². The van der Waals surface area contributed by atoms with Crippen LogP contribution in [0.5, 0.6) is 0 Å². The van der Waals surface area contributed by atoms with Gasteiger partial charge in [-0.1, -0.05) is 142 Å². The van der Waals surface area contributed by atoms with Crippen molar-refractivity contribution in [3.05, 3.63) is 109 Å². The van der Waals surface area contributed by atoms with Crippen molar-refractivity contribution in [3.8, 4) is 0 Å². The zero-order valence-electron chi connectivity index (χ0n) is 37.0. The van der Waals surface area contributed by atoms with Crippen LogP contribution in [0.2, 0.25) is 0 Å². The third-order valence-corrected chi connectivity index (χ3v) is 9.37. The largest absolute Gasteiger partial charge is 0.756 e. The van der Waals surface area contributed by atoms with Crippen LogP contribution in [0.15, 0.2) is 109 Å². The van der Waals surface area contributed by atoms with E-state index in [4.69, 9.17) is 18.5 Å². The summed E-state index contributed by atoms with van der Waals surface area (Å²) in [6, 6.07) is 0. The molecular formula is C48H78NO9P. The Morgan fingerprint density at radius 1 is 0.627 bits per heavy atom. The molecule has 0 fully saturated rings. The maximum absolute atomic E-state index is 12.7. The molecule has 0 saturated heterocycles. The van der Waals surface area contributed by atoms with Crippen LogP contribution in [0.3, 0.4) is 0 Å². The number of carbonyl (C=O) groups is 2. The number of quaternary nitrogens is 1. The number of esters is 2. The summed E-state index contributed by atoms with van der Waals surface area (Å²) in [5.74, 6) is -1.15. The molecule has 334 valence electrons. The molecular weight excluding hydrogens is 766 g/mol. The van der Waals surface area contributed by atoms with Gasteiger partial charge in [-0.05, 0) is 77.0 Å². The van der Waals surface area contributed by atoms with Gasteiger partial charge in [-0.15, -0.1) is 0 Å². The van der Waals surface area contributed by atoms with Crippen LogP contribution in [-0.4, -0.2) is 81.2 Å². The average molecular weight is 844 g/mol. The number of carbonyl (C=O) groups excluding carboxylic acids is 2. The molecule has 3 atom stereocenters. The highest BCUT2D eigenvalue weighted by Crippen LogP contribution is 2.38. The molecule has 0 aliphatic heterocycles. The van der Waals surface area contributed by atoms with Crippen molar-refractivity contribution in [2.75, 3.05) is 47.5 Å². The molecule has 0 aliphatic carbocycles. The van der Waals surface area contributed by atoms with Crippen LogP contribution >= 0.6 is 7.82 Å². The van der Waals surface area contributed by atoms with E-state index in [1.54, 1.807) is 12.2 Å². The van der Waals surface area contributed by atoms with Gasteiger partial charge in [0.2, 0.25) is 0 Å². The number of ether oxygens (including phenoxy) is 2. The normalized spacial score (nSPS) is 15.2. The Kier molecular flexibility index (Phi) is 36.6. The van der Waals surface area contributed by atoms with Gasteiger partial charge < -0.3 is 33.0 Å². The topological polar surface area (TPSA) is 131 Å². The number of aliphatic hydroxyl groups excluding tert-OH is 1. The van der Waals surface area contributed by atoms with E-state index < -0.39 is 38.6 Å². The molecule has 59 heavy (non-hydrogen) atoms. The summed E-state index contributed by atoms with van der Waals surface area (Å²) < 4.78 is 33.6. The van der Waals surface area contributed by atoms with Gasteiger partial charge in [0.25, 0.3) is 7.82 Å². The fourth-order valence-electron chi connectivity index (χ4n) is 5.01. The number of nitrogens with zero attached hydrogens (tertiary/aromatic N) is 1. The van der Waals surface area contributed by atoms with Crippen molar-refractivity contribution in [1.82, 2.24) is 0 Å². The first-order chi connectivity index (χ1) is 28.4. The molecule has 11 heteroatoms. The molecule has 0 aromatic heterocycles. The maximum Gasteiger partial charge on any atom is 0.306 e. The first-order valence-electron chi connectivity index (χ1n) is 21.7. The first kappa shape index (κ1) is 55.6. The van der Waals surface area contributed by atoms with Gasteiger partial charge in [0.05, 0.1) is 33.9 Å². The van der Waals surface area contributed by atoms with Crippen LogP contribution in [0.25, 0.3) is 0 Å². The number of phosphoric acid groups is 1. The van der Waals surface area contributed by atoms with E-state index in [9.17, 15) is 24.2 Å². The summed E-state index contributed by atoms with van der Waals surface area (Å²) in [7, 11) is 0.989. The van der Waals surface area contributed by atoms with Gasteiger partial charge in [-0.3, -0.25) is 14.2 Å². The van der Waals surface area contributed by atoms with Gasteiger partial charge in [0, 0.05) is 12.8 Å². The molecule has 0 heterocycles. The zero-order valence-corrected chi connectivity index (χ0v) is 37.9. The van der Waals surface area contributed by atoms with Crippen LogP contribution in [-0.2, 0) is 32.7 Å². The van der Waals surface area contributed by atoms with E-state index in [0.717, 1.165) is 83.5 Å². The Morgan fingerprint density at radius 2 is 1.14 bits per heavy atom. The van der Waals surface area contributed by atoms with E-state index in [2.05, 4.69) is 98.9 Å². The van der Waals surface area contributed by atoms with Crippen molar-refractivity contribution in [2.24, 2.45) is 0 Å². The minimum atomic E-state index is -4.70. The van der Waals surface area contributed by atoms with E-state index >= 15 is 0 Å².